The average Bonchev–Trinajstić information content (AvgIpc) is 3.29. The molecule has 1 aliphatic carbocycles. The first-order valence-corrected chi connectivity index (χ1v) is 9.82. The first-order chi connectivity index (χ1) is 15.6. The van der Waals surface area contributed by atoms with Gasteiger partial charge in [-0.25, -0.2) is 9.67 Å². The van der Waals surface area contributed by atoms with Crippen LogP contribution in [0.3, 0.4) is 0 Å². The predicted molar refractivity (Wildman–Crippen MR) is 99.0 cm³/mol. The molecular weight excluding hydrogens is 455 g/mol. The molecule has 0 spiro atoms. The van der Waals surface area contributed by atoms with Crippen molar-refractivity contribution >= 4 is 0 Å². The van der Waals surface area contributed by atoms with E-state index < -0.39 is 24.3 Å². The maximum absolute atomic E-state index is 13.5. The zero-order valence-electron chi connectivity index (χ0n) is 16.6. The van der Waals surface area contributed by atoms with E-state index >= 15 is 0 Å². The second-order valence-electron chi connectivity index (χ2n) is 7.46. The third-order valence-electron chi connectivity index (χ3n) is 5.19. The summed E-state index contributed by atoms with van der Waals surface area (Å²) in [5, 5.41) is 14.1. The zero-order chi connectivity index (χ0) is 23.4. The highest BCUT2D eigenvalue weighted by atomic mass is 19.4. The fraction of sp³-hybridized carbons (Fsp3) is 0.350. The van der Waals surface area contributed by atoms with E-state index in [4.69, 9.17) is 4.74 Å². The number of aliphatic hydroxyl groups excluding tert-OH is 1. The van der Waals surface area contributed by atoms with Crippen molar-refractivity contribution in [2.45, 2.75) is 44.4 Å². The molecule has 8 nitrogen and oxygen atoms in total. The number of rotatable bonds is 4. The van der Waals surface area contributed by atoms with Gasteiger partial charge in [0.05, 0.1) is 29.4 Å². The minimum absolute atomic E-state index is 0.0260. The largest absolute Gasteiger partial charge is 0.586 e. The number of pyridine rings is 2. The van der Waals surface area contributed by atoms with Crippen LogP contribution in [0.2, 0.25) is 0 Å². The fourth-order valence-electron chi connectivity index (χ4n) is 3.82. The van der Waals surface area contributed by atoms with Crippen LogP contribution in [0.5, 0.6) is 17.4 Å². The minimum Gasteiger partial charge on any atom is -0.471 e. The molecule has 3 aromatic rings. The lowest BCUT2D eigenvalue weighted by Crippen LogP contribution is -2.25. The van der Waals surface area contributed by atoms with Crippen molar-refractivity contribution in [2.24, 2.45) is 0 Å². The molecule has 0 amide bonds. The first kappa shape index (κ1) is 21.4. The summed E-state index contributed by atoms with van der Waals surface area (Å²) in [5.41, 5.74) is -0.526. The van der Waals surface area contributed by atoms with Crippen molar-refractivity contribution in [3.05, 3.63) is 53.2 Å². The van der Waals surface area contributed by atoms with Crippen LogP contribution >= 0.6 is 0 Å². The maximum atomic E-state index is 13.5. The molecular formula is C20H15F5N4O4. The Labute approximate surface area is 182 Å². The highest BCUT2D eigenvalue weighted by Gasteiger charge is 2.44. The highest BCUT2D eigenvalue weighted by molar-refractivity contribution is 5.43. The molecule has 0 saturated heterocycles. The molecule has 4 heterocycles. The molecule has 1 atom stereocenters. The number of hydrogen-bond donors (Lipinski definition) is 1. The Morgan fingerprint density at radius 3 is 2.76 bits per heavy atom. The topological polar surface area (TPSA) is 91.5 Å². The van der Waals surface area contributed by atoms with Gasteiger partial charge in [0, 0.05) is 23.9 Å². The van der Waals surface area contributed by atoms with Crippen molar-refractivity contribution in [2.75, 3.05) is 0 Å². The van der Waals surface area contributed by atoms with Crippen molar-refractivity contribution < 1.29 is 41.3 Å². The SMILES string of the molecule is OC1CCCc2c(C(F)(F)F)nn(-c3ccnc(OCc4cc5c(cn4)OC(F)(F)O5)c3)c21. The Morgan fingerprint density at radius 1 is 1.18 bits per heavy atom. The highest BCUT2D eigenvalue weighted by Crippen LogP contribution is 2.41. The Kier molecular flexibility index (Phi) is 4.88. The Balaban J connectivity index is 1.40. The number of ether oxygens (including phenoxy) is 3. The summed E-state index contributed by atoms with van der Waals surface area (Å²) in [6, 6.07) is 4.01. The van der Waals surface area contributed by atoms with Crippen molar-refractivity contribution in [3.63, 3.8) is 0 Å². The molecule has 1 aliphatic heterocycles. The lowest BCUT2D eigenvalue weighted by atomic mass is 9.93. The van der Waals surface area contributed by atoms with E-state index in [0.717, 1.165) is 10.9 Å². The van der Waals surface area contributed by atoms with Gasteiger partial charge in [-0.05, 0) is 25.3 Å². The molecule has 0 bridgehead atoms. The van der Waals surface area contributed by atoms with E-state index in [0.29, 0.717) is 12.8 Å². The van der Waals surface area contributed by atoms with Crippen LogP contribution in [-0.4, -0.2) is 31.1 Å². The van der Waals surface area contributed by atoms with Crippen LogP contribution in [0, 0.1) is 0 Å². The van der Waals surface area contributed by atoms with Gasteiger partial charge >= 0.3 is 12.5 Å². The van der Waals surface area contributed by atoms with E-state index in [9.17, 15) is 27.1 Å². The first-order valence-electron chi connectivity index (χ1n) is 9.82. The standard InChI is InChI=1S/C20H15F5N4O4/c21-19(22,23)18-12-2-1-3-13(30)17(12)29(28-18)11-4-5-26-16(7-11)31-9-10-6-14-15(8-27-10)33-20(24,25)32-14/h4-8,13,30H,1-3,9H2. The molecule has 2 aliphatic rings. The number of hydrogen-bond acceptors (Lipinski definition) is 7. The van der Waals surface area contributed by atoms with Gasteiger partial charge in [0.1, 0.15) is 6.61 Å². The number of aromatic nitrogens is 4. The Bertz CT molecular complexity index is 1210. The van der Waals surface area contributed by atoms with Gasteiger partial charge in [-0.2, -0.15) is 18.3 Å². The molecule has 5 rings (SSSR count). The van der Waals surface area contributed by atoms with Crippen LogP contribution in [0.15, 0.2) is 30.6 Å². The van der Waals surface area contributed by atoms with E-state index in [1.807, 2.05) is 0 Å². The van der Waals surface area contributed by atoms with Gasteiger partial charge in [0.2, 0.25) is 5.88 Å². The van der Waals surface area contributed by atoms with Gasteiger partial charge in [-0.15, -0.1) is 8.78 Å². The van der Waals surface area contributed by atoms with Crippen LogP contribution in [0.1, 0.15) is 41.6 Å². The lowest BCUT2D eigenvalue weighted by molar-refractivity contribution is -0.286. The molecule has 1 N–H and O–H groups in total. The molecule has 3 aromatic heterocycles. The molecule has 0 radical (unpaired) electrons. The minimum atomic E-state index is -4.67. The zero-order valence-corrected chi connectivity index (χ0v) is 16.6. The molecule has 13 heteroatoms. The van der Waals surface area contributed by atoms with Crippen LogP contribution in [-0.2, 0) is 19.2 Å². The van der Waals surface area contributed by atoms with Crippen LogP contribution in [0.4, 0.5) is 22.0 Å². The molecule has 33 heavy (non-hydrogen) atoms. The van der Waals surface area contributed by atoms with Crippen molar-refractivity contribution in [1.82, 2.24) is 19.7 Å². The summed E-state index contributed by atoms with van der Waals surface area (Å²) in [6.45, 7) is -0.188. The quantitative estimate of drug-likeness (QED) is 0.578. The van der Waals surface area contributed by atoms with Crippen molar-refractivity contribution in [3.8, 4) is 23.1 Å². The summed E-state index contributed by atoms with van der Waals surface area (Å²) < 4.78 is 82.0. The second-order valence-corrected chi connectivity index (χ2v) is 7.46. The second kappa shape index (κ2) is 7.54. The van der Waals surface area contributed by atoms with Gasteiger partial charge in [0.25, 0.3) is 0 Å². The summed E-state index contributed by atoms with van der Waals surface area (Å²) >= 11 is 0. The van der Waals surface area contributed by atoms with Crippen molar-refractivity contribution in [1.29, 1.82) is 0 Å². The summed E-state index contributed by atoms with van der Waals surface area (Å²) in [5.74, 6) is -0.390. The Morgan fingerprint density at radius 2 is 1.97 bits per heavy atom. The molecule has 1 unspecified atom stereocenters. The fourth-order valence-corrected chi connectivity index (χ4v) is 3.82. The maximum Gasteiger partial charge on any atom is 0.586 e. The number of halogens is 5. The van der Waals surface area contributed by atoms with Gasteiger partial charge < -0.3 is 19.3 Å². The van der Waals surface area contributed by atoms with E-state index in [1.54, 1.807) is 0 Å². The normalized spacial score (nSPS) is 18.8. The van der Waals surface area contributed by atoms with Gasteiger partial charge in [0.15, 0.2) is 17.2 Å². The number of fused-ring (bicyclic) bond motifs is 2. The van der Waals surface area contributed by atoms with Gasteiger partial charge in [-0.3, -0.25) is 4.98 Å². The smallest absolute Gasteiger partial charge is 0.471 e. The number of nitrogens with zero attached hydrogens (tertiary/aromatic N) is 4. The average molecular weight is 470 g/mol. The predicted octanol–water partition coefficient (Wildman–Crippen LogP) is 3.95. The van der Waals surface area contributed by atoms with Gasteiger partial charge in [-0.1, -0.05) is 0 Å². The summed E-state index contributed by atoms with van der Waals surface area (Å²) in [4.78, 5) is 7.95. The monoisotopic (exact) mass is 470 g/mol. The third kappa shape index (κ3) is 4.03. The summed E-state index contributed by atoms with van der Waals surface area (Å²) in [6.07, 6.45) is -6.26. The molecule has 0 fully saturated rings. The van der Waals surface area contributed by atoms with Crippen LogP contribution < -0.4 is 14.2 Å². The molecule has 174 valence electrons. The van der Waals surface area contributed by atoms with E-state index in [-0.39, 0.29) is 53.0 Å². The lowest BCUT2D eigenvalue weighted by Gasteiger charge is -2.20. The Hall–Kier alpha value is -3.48. The third-order valence-corrected chi connectivity index (χ3v) is 5.19. The van der Waals surface area contributed by atoms with Crippen LogP contribution in [0.25, 0.3) is 5.69 Å². The summed E-state index contributed by atoms with van der Waals surface area (Å²) in [7, 11) is 0. The number of aliphatic hydroxyl groups is 1. The number of alkyl halides is 5. The molecule has 0 aromatic carbocycles. The van der Waals surface area contributed by atoms with E-state index in [2.05, 4.69) is 24.5 Å². The van der Waals surface area contributed by atoms with E-state index in [1.165, 1.54) is 24.4 Å². The molecule has 0 saturated carbocycles.